The molecule has 1 heterocycles. The Balaban J connectivity index is 2.38. The first-order chi connectivity index (χ1) is 13.9. The number of amides is 1. The first kappa shape index (κ1) is 21.8. The van der Waals surface area contributed by atoms with Crippen molar-refractivity contribution in [3.05, 3.63) is 52.5 Å². The summed E-state index contributed by atoms with van der Waals surface area (Å²) in [6, 6.07) is 7.31. The highest BCUT2D eigenvalue weighted by atomic mass is 16.6. The van der Waals surface area contributed by atoms with Gasteiger partial charge in [-0.3, -0.25) is 4.79 Å². The van der Waals surface area contributed by atoms with E-state index in [9.17, 15) is 4.79 Å². The SMILES string of the molecule is CNC(=O)/C(=N/OC)c1ccccc1COc1nc(C)nc(/C(C)=N\OC)c1C. The zero-order chi connectivity index (χ0) is 21.4. The zero-order valence-electron chi connectivity index (χ0n) is 17.4. The molecule has 0 unspecified atom stereocenters. The van der Waals surface area contributed by atoms with Crippen molar-refractivity contribution in [2.45, 2.75) is 27.4 Å². The molecule has 0 aliphatic carbocycles. The number of rotatable bonds is 8. The van der Waals surface area contributed by atoms with E-state index in [1.165, 1.54) is 21.3 Å². The van der Waals surface area contributed by atoms with Crippen LogP contribution in [0.3, 0.4) is 0 Å². The van der Waals surface area contributed by atoms with Crippen LogP contribution in [0.25, 0.3) is 0 Å². The van der Waals surface area contributed by atoms with Gasteiger partial charge in [-0.2, -0.15) is 4.98 Å². The number of nitrogens with one attached hydrogen (secondary N) is 1. The highest BCUT2D eigenvalue weighted by molar-refractivity contribution is 6.45. The Morgan fingerprint density at radius 2 is 1.79 bits per heavy atom. The predicted octanol–water partition coefficient (Wildman–Crippen LogP) is 2.14. The maximum absolute atomic E-state index is 12.2. The van der Waals surface area contributed by atoms with E-state index < -0.39 is 0 Å². The maximum atomic E-state index is 12.2. The minimum Gasteiger partial charge on any atom is -0.472 e. The highest BCUT2D eigenvalue weighted by Crippen LogP contribution is 2.21. The highest BCUT2D eigenvalue weighted by Gasteiger charge is 2.19. The third kappa shape index (κ3) is 5.28. The Labute approximate surface area is 169 Å². The van der Waals surface area contributed by atoms with Gasteiger partial charge in [0.15, 0.2) is 5.71 Å². The number of oxime groups is 2. The third-order valence-corrected chi connectivity index (χ3v) is 4.05. The topological polar surface area (TPSA) is 107 Å². The molecular formula is C20H25N5O4. The van der Waals surface area contributed by atoms with E-state index in [1.54, 1.807) is 19.9 Å². The second-order valence-electron chi connectivity index (χ2n) is 6.06. The Morgan fingerprint density at radius 1 is 1.10 bits per heavy atom. The number of carbonyl (C=O) groups excluding carboxylic acids is 1. The molecule has 0 saturated heterocycles. The number of hydrogen-bond acceptors (Lipinski definition) is 8. The molecule has 0 spiro atoms. The Bertz CT molecular complexity index is 940. The lowest BCUT2D eigenvalue weighted by molar-refractivity contribution is -0.114. The first-order valence-electron chi connectivity index (χ1n) is 8.90. The van der Waals surface area contributed by atoms with E-state index in [0.717, 1.165) is 11.1 Å². The van der Waals surface area contributed by atoms with Crippen molar-refractivity contribution in [2.75, 3.05) is 21.3 Å². The van der Waals surface area contributed by atoms with Crippen molar-refractivity contribution in [3.8, 4) is 5.88 Å². The molecule has 1 N–H and O–H groups in total. The quantitative estimate of drug-likeness (QED) is 0.538. The molecule has 9 heteroatoms. The summed E-state index contributed by atoms with van der Waals surface area (Å²) in [5, 5.41) is 10.4. The average Bonchev–Trinajstić information content (AvgIpc) is 2.72. The van der Waals surface area contributed by atoms with Crippen molar-refractivity contribution in [1.82, 2.24) is 15.3 Å². The molecule has 29 heavy (non-hydrogen) atoms. The monoisotopic (exact) mass is 399 g/mol. The van der Waals surface area contributed by atoms with Crippen LogP contribution >= 0.6 is 0 Å². The summed E-state index contributed by atoms with van der Waals surface area (Å²) < 4.78 is 5.98. The molecule has 0 fully saturated rings. The van der Waals surface area contributed by atoms with Gasteiger partial charge in [-0.15, -0.1) is 0 Å². The number of likely N-dealkylation sites (N-methyl/N-ethyl adjacent to an activating group) is 1. The zero-order valence-corrected chi connectivity index (χ0v) is 17.4. The van der Waals surface area contributed by atoms with Crippen LogP contribution in [0.15, 0.2) is 34.6 Å². The summed E-state index contributed by atoms with van der Waals surface area (Å²) in [5.74, 6) is 0.617. The Kier molecular flexibility index (Phi) is 7.64. The largest absolute Gasteiger partial charge is 0.472 e. The molecule has 1 aromatic carbocycles. The molecule has 1 amide bonds. The van der Waals surface area contributed by atoms with Crippen LogP contribution in [0, 0.1) is 13.8 Å². The van der Waals surface area contributed by atoms with Crippen LogP contribution in [0.1, 0.15) is 35.1 Å². The van der Waals surface area contributed by atoms with E-state index in [0.29, 0.717) is 28.7 Å². The maximum Gasteiger partial charge on any atom is 0.273 e. The number of aromatic nitrogens is 2. The van der Waals surface area contributed by atoms with Crippen molar-refractivity contribution in [2.24, 2.45) is 10.3 Å². The van der Waals surface area contributed by atoms with Gasteiger partial charge in [-0.05, 0) is 26.3 Å². The van der Waals surface area contributed by atoms with Gasteiger partial charge < -0.3 is 19.7 Å². The molecule has 9 nitrogen and oxygen atoms in total. The van der Waals surface area contributed by atoms with Crippen molar-refractivity contribution < 1.29 is 19.2 Å². The summed E-state index contributed by atoms with van der Waals surface area (Å²) in [6.07, 6.45) is 0. The molecule has 0 radical (unpaired) electrons. The lowest BCUT2D eigenvalue weighted by atomic mass is 10.0. The molecule has 0 bridgehead atoms. The van der Waals surface area contributed by atoms with Gasteiger partial charge in [0, 0.05) is 18.2 Å². The predicted molar refractivity (Wildman–Crippen MR) is 109 cm³/mol. The third-order valence-electron chi connectivity index (χ3n) is 4.05. The van der Waals surface area contributed by atoms with E-state index >= 15 is 0 Å². The van der Waals surface area contributed by atoms with Gasteiger partial charge in [0.2, 0.25) is 5.88 Å². The summed E-state index contributed by atoms with van der Waals surface area (Å²) in [5.41, 5.74) is 3.53. The van der Waals surface area contributed by atoms with Crippen LogP contribution in [0.2, 0.25) is 0 Å². The van der Waals surface area contributed by atoms with Gasteiger partial charge >= 0.3 is 0 Å². The summed E-state index contributed by atoms with van der Waals surface area (Å²) in [4.78, 5) is 30.7. The Hall–Kier alpha value is -3.49. The molecule has 1 aromatic heterocycles. The fourth-order valence-electron chi connectivity index (χ4n) is 2.72. The van der Waals surface area contributed by atoms with Crippen molar-refractivity contribution in [1.29, 1.82) is 0 Å². The lowest BCUT2D eigenvalue weighted by Crippen LogP contribution is -2.29. The van der Waals surface area contributed by atoms with Gasteiger partial charge in [-0.25, -0.2) is 4.98 Å². The molecule has 0 aliphatic heterocycles. The number of aryl methyl sites for hydroxylation is 1. The minimum atomic E-state index is -0.359. The molecule has 0 saturated carbocycles. The van der Waals surface area contributed by atoms with Gasteiger partial charge in [0.25, 0.3) is 5.91 Å². The smallest absolute Gasteiger partial charge is 0.273 e. The Morgan fingerprint density at radius 3 is 2.45 bits per heavy atom. The molecule has 2 rings (SSSR count). The van der Waals surface area contributed by atoms with Gasteiger partial charge in [0.05, 0.1) is 5.69 Å². The van der Waals surface area contributed by atoms with E-state index in [2.05, 4.69) is 25.6 Å². The van der Waals surface area contributed by atoms with E-state index in [4.69, 9.17) is 14.4 Å². The standard InChI is InChI=1S/C20H25N5O4/c1-12-17(13(2)24-27-5)22-14(3)23-20(12)29-11-15-9-7-8-10-16(15)18(25-28-6)19(26)21-4/h7-10H,11H2,1-6H3,(H,21,26)/b24-13-,25-18+. The summed E-state index contributed by atoms with van der Waals surface area (Å²) in [7, 11) is 4.40. The fraction of sp³-hybridized carbons (Fsp3) is 0.350. The fourth-order valence-corrected chi connectivity index (χ4v) is 2.72. The number of hydrogen-bond donors (Lipinski definition) is 1. The van der Waals surface area contributed by atoms with Crippen molar-refractivity contribution in [3.63, 3.8) is 0 Å². The molecule has 2 aromatic rings. The molecule has 0 atom stereocenters. The number of carbonyl (C=O) groups is 1. The van der Waals surface area contributed by atoms with E-state index in [1.807, 2.05) is 25.1 Å². The summed E-state index contributed by atoms with van der Waals surface area (Å²) >= 11 is 0. The average molecular weight is 399 g/mol. The van der Waals surface area contributed by atoms with Gasteiger partial charge in [-0.1, -0.05) is 34.6 Å². The molecule has 154 valence electrons. The number of nitrogens with zero attached hydrogens (tertiary/aromatic N) is 4. The van der Waals surface area contributed by atoms with Crippen LogP contribution in [0.4, 0.5) is 0 Å². The summed E-state index contributed by atoms with van der Waals surface area (Å²) in [6.45, 7) is 5.60. The lowest BCUT2D eigenvalue weighted by Gasteiger charge is -2.14. The first-order valence-corrected chi connectivity index (χ1v) is 8.90. The molecule has 0 aliphatic rings. The molecular weight excluding hydrogens is 374 g/mol. The van der Waals surface area contributed by atoms with Crippen molar-refractivity contribution >= 4 is 17.3 Å². The normalized spacial score (nSPS) is 11.8. The minimum absolute atomic E-state index is 0.161. The second kappa shape index (κ2) is 10.2. The van der Waals surface area contributed by atoms with Crippen LogP contribution in [-0.4, -0.2) is 48.6 Å². The van der Waals surface area contributed by atoms with Crippen LogP contribution in [0.5, 0.6) is 5.88 Å². The number of benzene rings is 1. The van der Waals surface area contributed by atoms with Crippen LogP contribution < -0.4 is 10.1 Å². The van der Waals surface area contributed by atoms with Gasteiger partial charge in [0.1, 0.15) is 32.4 Å². The van der Waals surface area contributed by atoms with Crippen LogP contribution in [-0.2, 0) is 21.1 Å². The van der Waals surface area contributed by atoms with E-state index in [-0.39, 0.29) is 18.2 Å². The second-order valence-corrected chi connectivity index (χ2v) is 6.06. The number of ether oxygens (including phenoxy) is 1.